The fraction of sp³-hybridized carbons (Fsp3) is 0.654. The summed E-state index contributed by atoms with van der Waals surface area (Å²) in [5.74, 6) is 1.91. The van der Waals surface area contributed by atoms with Crippen LogP contribution < -0.4 is 9.47 Å². The zero-order valence-electron chi connectivity index (χ0n) is 20.6. The highest BCUT2D eigenvalue weighted by Crippen LogP contribution is 2.55. The summed E-state index contributed by atoms with van der Waals surface area (Å²) in [7, 11) is 3.28. The van der Waals surface area contributed by atoms with Crippen molar-refractivity contribution in [2.24, 2.45) is 11.8 Å². The molecule has 6 rings (SSSR count). The van der Waals surface area contributed by atoms with Crippen molar-refractivity contribution in [2.45, 2.75) is 57.3 Å². The minimum atomic E-state index is -0.785. The number of carbonyl (C=O) groups is 1. The number of H-pyrrole nitrogens is 1. The zero-order valence-corrected chi connectivity index (χ0v) is 20.6. The number of aromatic amines is 1. The number of carbonyl (C=O) groups excluding carboxylic acids is 1. The quantitative estimate of drug-likeness (QED) is 0.451. The third-order valence-electron chi connectivity index (χ3n) is 8.08. The number of aliphatic hydroxyl groups is 1. The van der Waals surface area contributed by atoms with Crippen LogP contribution in [0.5, 0.6) is 11.5 Å². The van der Waals surface area contributed by atoms with E-state index >= 15 is 0 Å². The first-order valence-corrected chi connectivity index (χ1v) is 12.4. The highest BCUT2D eigenvalue weighted by Gasteiger charge is 2.63. The average Bonchev–Trinajstić information content (AvgIpc) is 3.14. The van der Waals surface area contributed by atoms with Gasteiger partial charge in [-0.15, -0.1) is 0 Å². The number of aromatic nitrogens is 1. The number of rotatable bonds is 8. The van der Waals surface area contributed by atoms with Crippen LogP contribution in [0.25, 0.3) is 10.9 Å². The predicted molar refractivity (Wildman–Crippen MR) is 127 cm³/mol. The summed E-state index contributed by atoms with van der Waals surface area (Å²) >= 11 is 0. The average molecular weight is 473 g/mol. The lowest BCUT2D eigenvalue weighted by atomic mass is 9.56. The van der Waals surface area contributed by atoms with Gasteiger partial charge < -0.3 is 29.0 Å². The summed E-state index contributed by atoms with van der Waals surface area (Å²) in [5, 5.41) is 10.7. The Balaban J connectivity index is 1.66. The summed E-state index contributed by atoms with van der Waals surface area (Å²) in [4.78, 5) is 20.1. The topological polar surface area (TPSA) is 93.3 Å². The smallest absolute Gasteiger partial charge is 0.319 e. The number of fused-ring (bicyclic) bond motifs is 4. The minimum Gasteiger partial charge on any atom is -0.493 e. The van der Waals surface area contributed by atoms with E-state index in [2.05, 4.69) is 9.88 Å². The van der Waals surface area contributed by atoms with Crippen molar-refractivity contribution in [3.63, 3.8) is 0 Å². The molecule has 2 saturated heterocycles. The SMILES string of the molecule is CCOC(=O)C12C[C@@H]3CC(CCOC(C)O)C1N(CCc1c2[nH]c2cc(OC)c(OC)cc12)C3. The molecular formula is C26H36N2O6. The van der Waals surface area contributed by atoms with E-state index in [0.29, 0.717) is 30.6 Å². The van der Waals surface area contributed by atoms with Crippen molar-refractivity contribution in [3.05, 3.63) is 23.4 Å². The number of methoxy groups -OCH3 is 2. The maximum Gasteiger partial charge on any atom is 0.319 e. The Morgan fingerprint density at radius 1 is 1.29 bits per heavy atom. The molecule has 4 bridgehead atoms. The highest BCUT2D eigenvalue weighted by atomic mass is 16.6. The molecule has 5 unspecified atom stereocenters. The second-order valence-electron chi connectivity index (χ2n) is 9.94. The van der Waals surface area contributed by atoms with Gasteiger partial charge in [-0.1, -0.05) is 0 Å². The zero-order chi connectivity index (χ0) is 24.0. The first kappa shape index (κ1) is 23.5. The number of hydrogen-bond donors (Lipinski definition) is 2. The largest absolute Gasteiger partial charge is 0.493 e. The Morgan fingerprint density at radius 2 is 2.06 bits per heavy atom. The van der Waals surface area contributed by atoms with Gasteiger partial charge in [0.15, 0.2) is 17.8 Å². The summed E-state index contributed by atoms with van der Waals surface area (Å²) in [6.45, 7) is 6.25. The van der Waals surface area contributed by atoms with Crippen LogP contribution in [-0.4, -0.2) is 73.8 Å². The van der Waals surface area contributed by atoms with Gasteiger partial charge in [-0.3, -0.25) is 9.69 Å². The van der Waals surface area contributed by atoms with Gasteiger partial charge in [0.05, 0.1) is 27.4 Å². The second kappa shape index (κ2) is 9.06. The molecule has 0 radical (unpaired) electrons. The number of aliphatic hydroxyl groups excluding tert-OH is 1. The van der Waals surface area contributed by atoms with E-state index in [-0.39, 0.29) is 17.9 Å². The van der Waals surface area contributed by atoms with Crippen molar-refractivity contribution in [1.82, 2.24) is 9.88 Å². The molecule has 1 saturated carbocycles. The van der Waals surface area contributed by atoms with Gasteiger partial charge in [-0.2, -0.15) is 0 Å². The Kier molecular flexibility index (Phi) is 6.25. The maximum atomic E-state index is 13.9. The Hall–Kier alpha value is -2.29. The molecule has 3 fully saturated rings. The third-order valence-corrected chi connectivity index (χ3v) is 8.08. The molecule has 8 nitrogen and oxygen atoms in total. The number of esters is 1. The van der Waals surface area contributed by atoms with Crippen LogP contribution in [-0.2, 0) is 26.1 Å². The van der Waals surface area contributed by atoms with Crippen LogP contribution in [0.1, 0.15) is 44.4 Å². The molecule has 0 amide bonds. The number of hydrogen-bond acceptors (Lipinski definition) is 7. The molecule has 4 heterocycles. The predicted octanol–water partition coefficient (Wildman–Crippen LogP) is 3.00. The van der Waals surface area contributed by atoms with Crippen molar-refractivity contribution in [1.29, 1.82) is 0 Å². The standard InChI is InChI=1S/C26H36N2O6/c1-5-33-25(30)26-13-16-10-17(7-9-34-15(2)29)24(26)28(14-16)8-6-18-19-11-21(31-3)22(32-4)12-20(19)27-23(18)26/h11-12,15-17,24,27,29H,5-10,13-14H2,1-4H3/t15?,16-,17?,24?,26?/m0/s1. The van der Waals surface area contributed by atoms with Crippen LogP contribution in [0.4, 0.5) is 0 Å². The van der Waals surface area contributed by atoms with E-state index in [4.69, 9.17) is 18.9 Å². The monoisotopic (exact) mass is 472 g/mol. The van der Waals surface area contributed by atoms with Gasteiger partial charge in [-0.25, -0.2) is 0 Å². The molecule has 186 valence electrons. The molecule has 3 aliphatic heterocycles. The van der Waals surface area contributed by atoms with Gasteiger partial charge in [0.2, 0.25) is 0 Å². The van der Waals surface area contributed by atoms with Crippen LogP contribution in [0.15, 0.2) is 12.1 Å². The lowest BCUT2D eigenvalue weighted by Crippen LogP contribution is -2.67. The molecule has 1 aromatic heterocycles. The molecule has 4 aliphatic rings. The van der Waals surface area contributed by atoms with Crippen molar-refractivity contribution in [3.8, 4) is 11.5 Å². The summed E-state index contributed by atoms with van der Waals surface area (Å²) in [5.41, 5.74) is 2.38. The lowest BCUT2D eigenvalue weighted by Gasteiger charge is -2.58. The molecule has 2 N–H and O–H groups in total. The number of piperidine rings is 2. The summed E-state index contributed by atoms with van der Waals surface area (Å²) < 4.78 is 22.4. The third kappa shape index (κ3) is 3.58. The van der Waals surface area contributed by atoms with E-state index in [9.17, 15) is 9.90 Å². The first-order valence-electron chi connectivity index (χ1n) is 12.4. The van der Waals surface area contributed by atoms with E-state index in [1.54, 1.807) is 21.1 Å². The number of nitrogens with one attached hydrogen (secondary N) is 1. The Bertz CT molecular complexity index is 1070. The molecule has 34 heavy (non-hydrogen) atoms. The molecular weight excluding hydrogens is 436 g/mol. The first-order chi connectivity index (χ1) is 16.4. The van der Waals surface area contributed by atoms with E-state index in [0.717, 1.165) is 55.4 Å². The fourth-order valence-electron chi connectivity index (χ4n) is 7.00. The molecule has 2 aromatic rings. The van der Waals surface area contributed by atoms with E-state index in [1.165, 1.54) is 5.56 Å². The fourth-order valence-corrected chi connectivity index (χ4v) is 7.00. The van der Waals surface area contributed by atoms with Crippen molar-refractivity contribution >= 4 is 16.9 Å². The van der Waals surface area contributed by atoms with Crippen LogP contribution in [0, 0.1) is 11.8 Å². The molecule has 0 spiro atoms. The second-order valence-corrected chi connectivity index (χ2v) is 9.94. The van der Waals surface area contributed by atoms with Crippen LogP contribution >= 0.6 is 0 Å². The minimum absolute atomic E-state index is 0.0345. The normalized spacial score (nSPS) is 30.5. The van der Waals surface area contributed by atoms with Gasteiger partial charge in [-0.05, 0) is 63.0 Å². The van der Waals surface area contributed by atoms with Crippen LogP contribution in [0.3, 0.4) is 0 Å². The van der Waals surface area contributed by atoms with Gasteiger partial charge in [0.1, 0.15) is 5.41 Å². The summed E-state index contributed by atoms with van der Waals surface area (Å²) in [6.07, 6.45) is 2.73. The van der Waals surface area contributed by atoms with E-state index in [1.807, 2.05) is 19.1 Å². The van der Waals surface area contributed by atoms with Crippen LogP contribution in [0.2, 0.25) is 0 Å². The Morgan fingerprint density at radius 3 is 2.76 bits per heavy atom. The summed E-state index contributed by atoms with van der Waals surface area (Å²) in [6, 6.07) is 4.03. The molecule has 8 heteroatoms. The van der Waals surface area contributed by atoms with E-state index < -0.39 is 11.7 Å². The highest BCUT2D eigenvalue weighted by molar-refractivity contribution is 5.93. The maximum absolute atomic E-state index is 13.9. The molecule has 1 aliphatic carbocycles. The number of ether oxygens (including phenoxy) is 4. The molecule has 1 aromatic carbocycles. The van der Waals surface area contributed by atoms with Gasteiger partial charge in [0.25, 0.3) is 0 Å². The van der Waals surface area contributed by atoms with Crippen molar-refractivity contribution < 1.29 is 28.8 Å². The Labute approximate surface area is 200 Å². The lowest BCUT2D eigenvalue weighted by molar-refractivity contribution is -0.166. The van der Waals surface area contributed by atoms with Gasteiger partial charge >= 0.3 is 5.97 Å². The molecule has 6 atom stereocenters. The number of nitrogens with zero attached hydrogens (tertiary/aromatic N) is 1. The van der Waals surface area contributed by atoms with Gasteiger partial charge in [0, 0.05) is 41.8 Å². The van der Waals surface area contributed by atoms with Crippen molar-refractivity contribution in [2.75, 3.05) is 40.5 Å². The number of benzene rings is 1.